The summed E-state index contributed by atoms with van der Waals surface area (Å²) in [6.07, 6.45) is 2.06. The lowest BCUT2D eigenvalue weighted by Crippen LogP contribution is -2.59. The number of nitrogens with one attached hydrogen (secondary N) is 3. The number of likely N-dealkylation sites (tertiary alicyclic amines) is 1. The third-order valence-corrected chi connectivity index (χ3v) is 9.33. The van der Waals surface area contributed by atoms with Crippen LogP contribution in [0.25, 0.3) is 0 Å². The number of carbonyl (C=O) groups excluding carboxylic acids is 5. The molecule has 0 radical (unpaired) electrons. The Morgan fingerprint density at radius 3 is 2.10 bits per heavy atom. The molecule has 0 spiro atoms. The van der Waals surface area contributed by atoms with Crippen molar-refractivity contribution in [2.45, 2.75) is 116 Å². The lowest BCUT2D eigenvalue weighted by atomic mass is 9.85. The van der Waals surface area contributed by atoms with Gasteiger partial charge in [-0.25, -0.2) is 13.2 Å². The Hall–Kier alpha value is -2.96. The van der Waals surface area contributed by atoms with E-state index in [0.717, 1.165) is 0 Å². The lowest BCUT2D eigenvalue weighted by Gasteiger charge is -2.36. The van der Waals surface area contributed by atoms with Crippen molar-refractivity contribution in [3.05, 3.63) is 12.7 Å². The highest BCUT2D eigenvalue weighted by Gasteiger charge is 2.43. The molecule has 0 aromatic heterocycles. The second kappa shape index (κ2) is 14.5. The number of ketones is 1. The van der Waals surface area contributed by atoms with Crippen LogP contribution in [0.1, 0.15) is 88.0 Å². The second-order valence-corrected chi connectivity index (χ2v) is 16.5. The maximum atomic E-state index is 13.7. The average molecular weight is 615 g/mol. The number of hydrogen-bond acceptors (Lipinski definition) is 8. The fourth-order valence-corrected chi connectivity index (χ4v) is 5.20. The average Bonchev–Trinajstić information content (AvgIpc) is 3.31. The highest BCUT2D eigenvalue weighted by Crippen LogP contribution is 2.26. The van der Waals surface area contributed by atoms with Crippen LogP contribution < -0.4 is 16.0 Å². The number of sulfone groups is 1. The molecule has 3 atom stereocenters. The molecule has 240 valence electrons. The first-order valence-corrected chi connectivity index (χ1v) is 15.9. The van der Waals surface area contributed by atoms with Gasteiger partial charge in [0.25, 0.3) is 5.91 Å². The van der Waals surface area contributed by atoms with Crippen molar-refractivity contribution in [2.24, 2.45) is 5.41 Å². The number of nitrogens with zero attached hydrogens (tertiary/aromatic N) is 1. The number of alkyl carbamates (subject to hydrolysis) is 1. The van der Waals surface area contributed by atoms with Gasteiger partial charge in [0.05, 0.1) is 16.5 Å². The minimum Gasteiger partial charge on any atom is -0.444 e. The number of rotatable bonds is 12. The van der Waals surface area contributed by atoms with Gasteiger partial charge in [-0.15, -0.1) is 6.58 Å². The van der Waals surface area contributed by atoms with Gasteiger partial charge in [0.1, 0.15) is 17.7 Å². The van der Waals surface area contributed by atoms with Gasteiger partial charge in [0.2, 0.25) is 17.6 Å². The monoisotopic (exact) mass is 614 g/mol. The van der Waals surface area contributed by atoms with Crippen molar-refractivity contribution < 1.29 is 37.1 Å². The quantitative estimate of drug-likeness (QED) is 0.222. The molecule has 0 bridgehead atoms. The molecular weight excluding hydrogens is 564 g/mol. The SMILES string of the molecule is C=CCCC(NC(=O)[C@@H]1CCCN1C(=O)[C@@H](NC(=O)OC(C)(C)C)C(C)(C)C)C(=O)C(=O)NCCS(=O)(=O)C(C)(C)C. The molecule has 42 heavy (non-hydrogen) atoms. The summed E-state index contributed by atoms with van der Waals surface area (Å²) < 4.78 is 29.0. The van der Waals surface area contributed by atoms with Crippen LogP contribution in [-0.4, -0.2) is 90.2 Å². The summed E-state index contributed by atoms with van der Waals surface area (Å²) in [5.41, 5.74) is -1.48. The molecule has 1 fully saturated rings. The highest BCUT2D eigenvalue weighted by molar-refractivity contribution is 7.92. The molecule has 1 aliphatic rings. The molecule has 4 amide bonds. The van der Waals surface area contributed by atoms with Gasteiger partial charge in [0, 0.05) is 13.1 Å². The Kier molecular flexibility index (Phi) is 12.8. The first-order valence-electron chi connectivity index (χ1n) is 14.3. The van der Waals surface area contributed by atoms with E-state index < -0.39 is 73.3 Å². The minimum absolute atomic E-state index is 0.0905. The molecule has 1 saturated heterocycles. The van der Waals surface area contributed by atoms with Crippen molar-refractivity contribution in [3.8, 4) is 0 Å². The maximum absolute atomic E-state index is 13.7. The molecule has 3 N–H and O–H groups in total. The maximum Gasteiger partial charge on any atom is 0.408 e. The molecule has 1 rings (SSSR count). The van der Waals surface area contributed by atoms with Crippen LogP contribution in [0.2, 0.25) is 0 Å². The summed E-state index contributed by atoms with van der Waals surface area (Å²) in [6.45, 7) is 18.8. The molecule has 0 aromatic rings. The van der Waals surface area contributed by atoms with E-state index in [9.17, 15) is 32.4 Å². The van der Waals surface area contributed by atoms with Crippen LogP contribution in [0.4, 0.5) is 4.79 Å². The van der Waals surface area contributed by atoms with Gasteiger partial charge >= 0.3 is 6.09 Å². The molecule has 0 aliphatic carbocycles. The first-order chi connectivity index (χ1) is 19.0. The number of amides is 4. The second-order valence-electron chi connectivity index (χ2n) is 13.6. The Balaban J connectivity index is 3.03. The van der Waals surface area contributed by atoms with E-state index in [-0.39, 0.29) is 25.3 Å². The van der Waals surface area contributed by atoms with Gasteiger partial charge in [-0.3, -0.25) is 19.2 Å². The van der Waals surface area contributed by atoms with Crippen molar-refractivity contribution in [1.29, 1.82) is 0 Å². The fraction of sp³-hybridized carbons (Fsp3) is 0.759. The smallest absolute Gasteiger partial charge is 0.408 e. The van der Waals surface area contributed by atoms with Crippen molar-refractivity contribution in [3.63, 3.8) is 0 Å². The zero-order valence-electron chi connectivity index (χ0n) is 26.6. The van der Waals surface area contributed by atoms with Crippen LogP contribution >= 0.6 is 0 Å². The number of ether oxygens (including phenoxy) is 1. The predicted octanol–water partition coefficient (Wildman–Crippen LogP) is 2.27. The van der Waals surface area contributed by atoms with E-state index in [1.54, 1.807) is 68.4 Å². The van der Waals surface area contributed by atoms with E-state index in [1.165, 1.54) is 4.90 Å². The minimum atomic E-state index is -3.51. The molecule has 1 unspecified atom stereocenters. The Bertz CT molecular complexity index is 1130. The van der Waals surface area contributed by atoms with Gasteiger partial charge in [0.15, 0.2) is 9.84 Å². The summed E-state index contributed by atoms with van der Waals surface area (Å²) in [5.74, 6) is -3.34. The van der Waals surface area contributed by atoms with E-state index in [2.05, 4.69) is 22.5 Å². The van der Waals surface area contributed by atoms with Crippen LogP contribution in [0.3, 0.4) is 0 Å². The summed E-state index contributed by atoms with van der Waals surface area (Å²) in [6, 6.07) is -3.11. The van der Waals surface area contributed by atoms with Crippen molar-refractivity contribution in [1.82, 2.24) is 20.9 Å². The molecule has 0 saturated carbocycles. The summed E-state index contributed by atoms with van der Waals surface area (Å²) >= 11 is 0. The van der Waals surface area contributed by atoms with E-state index in [0.29, 0.717) is 19.3 Å². The number of carbonyl (C=O) groups is 5. The third-order valence-electron chi connectivity index (χ3n) is 6.72. The standard InChI is InChI=1S/C29H50N4O8S/c1-11-12-14-19(21(34)24(36)30-16-18-42(39,40)29(8,9)10)31-23(35)20-15-13-17-33(20)25(37)22(27(2,3)4)32-26(38)41-28(5,6)7/h11,19-20,22H,1,12-18H2,2-10H3,(H,30,36)(H,31,35)(H,32,38)/t19?,20-,22+/m0/s1. The largest absolute Gasteiger partial charge is 0.444 e. The van der Waals surface area contributed by atoms with Gasteiger partial charge in [-0.1, -0.05) is 26.8 Å². The van der Waals surface area contributed by atoms with Crippen molar-refractivity contribution >= 4 is 39.4 Å². The van der Waals surface area contributed by atoms with E-state index in [1.807, 2.05) is 0 Å². The first kappa shape index (κ1) is 37.1. The third kappa shape index (κ3) is 11.0. The number of Topliss-reactive ketones (excluding diaryl/α,β-unsaturated/α-hetero) is 1. The summed E-state index contributed by atoms with van der Waals surface area (Å²) in [7, 11) is -3.51. The van der Waals surface area contributed by atoms with Crippen LogP contribution in [0.5, 0.6) is 0 Å². The van der Waals surface area contributed by atoms with E-state index in [4.69, 9.17) is 4.74 Å². The molecular formula is C29H50N4O8S. The fourth-order valence-electron chi connectivity index (χ4n) is 4.21. The Morgan fingerprint density at radius 1 is 1.00 bits per heavy atom. The van der Waals surface area contributed by atoms with Crippen LogP contribution in [0, 0.1) is 5.41 Å². The molecule has 13 heteroatoms. The molecule has 12 nitrogen and oxygen atoms in total. The van der Waals surface area contributed by atoms with Crippen LogP contribution in [-0.2, 0) is 33.8 Å². The summed E-state index contributed by atoms with van der Waals surface area (Å²) in [5, 5.41) is 7.61. The van der Waals surface area contributed by atoms with Gasteiger partial charge < -0.3 is 25.6 Å². The molecule has 1 heterocycles. The van der Waals surface area contributed by atoms with Gasteiger partial charge in [-0.05, 0) is 72.6 Å². The topological polar surface area (TPSA) is 168 Å². The normalized spacial score (nSPS) is 17.5. The van der Waals surface area contributed by atoms with E-state index >= 15 is 0 Å². The van der Waals surface area contributed by atoms with Crippen molar-refractivity contribution in [2.75, 3.05) is 18.8 Å². The van der Waals surface area contributed by atoms with Crippen LogP contribution in [0.15, 0.2) is 12.7 Å². The zero-order chi connectivity index (χ0) is 32.7. The van der Waals surface area contributed by atoms with Gasteiger partial charge in [-0.2, -0.15) is 0 Å². The highest BCUT2D eigenvalue weighted by atomic mass is 32.2. The predicted molar refractivity (Wildman–Crippen MR) is 160 cm³/mol. The molecule has 1 aliphatic heterocycles. The zero-order valence-corrected chi connectivity index (χ0v) is 27.4. The number of allylic oxidation sites excluding steroid dienone is 1. The Labute approximate surface area is 250 Å². The lowest BCUT2D eigenvalue weighted by molar-refractivity contribution is -0.144. The Morgan fingerprint density at radius 2 is 1.60 bits per heavy atom. The number of hydrogen-bond donors (Lipinski definition) is 3. The summed E-state index contributed by atoms with van der Waals surface area (Å²) in [4.78, 5) is 66.6. The molecule has 0 aromatic carbocycles.